The van der Waals surface area contributed by atoms with Crippen molar-refractivity contribution in [2.24, 2.45) is 0 Å². The summed E-state index contributed by atoms with van der Waals surface area (Å²) in [6, 6.07) is 0. The third-order valence-corrected chi connectivity index (χ3v) is 11.2. The van der Waals surface area contributed by atoms with E-state index in [1.165, 1.54) is 57.8 Å². The molecule has 0 saturated heterocycles. The molecule has 0 aromatic carbocycles. The summed E-state index contributed by atoms with van der Waals surface area (Å²) in [5.41, 5.74) is 0. The first-order valence-electron chi connectivity index (χ1n) is 22.3. The van der Waals surface area contributed by atoms with Crippen LogP contribution in [0.15, 0.2) is 36.5 Å². The molecule has 1 saturated carbocycles. The van der Waals surface area contributed by atoms with Crippen molar-refractivity contribution in [3.05, 3.63) is 36.5 Å². The van der Waals surface area contributed by atoms with Crippen molar-refractivity contribution in [3.63, 3.8) is 0 Å². The third-order valence-electron chi connectivity index (χ3n) is 10.2. The van der Waals surface area contributed by atoms with Crippen LogP contribution in [-0.2, 0) is 27.9 Å². The van der Waals surface area contributed by atoms with E-state index < -0.39 is 63.1 Å². The third kappa shape index (κ3) is 27.9. The second-order valence-corrected chi connectivity index (χ2v) is 16.9. The first-order valence-corrected chi connectivity index (χ1v) is 23.8. The maximum Gasteiger partial charge on any atom is 0.472 e. The number of hydrogen-bond donors (Lipinski definition) is 6. The smallest absolute Gasteiger partial charge is 0.457 e. The minimum Gasteiger partial charge on any atom is -0.457 e. The summed E-state index contributed by atoms with van der Waals surface area (Å²) in [6.07, 6.45) is 27.8. The van der Waals surface area contributed by atoms with Gasteiger partial charge in [0.1, 0.15) is 42.7 Å². The highest BCUT2D eigenvalue weighted by Gasteiger charge is 2.51. The zero-order valence-corrected chi connectivity index (χ0v) is 36.3. The van der Waals surface area contributed by atoms with E-state index in [2.05, 4.69) is 50.3 Å². The number of carbonyl (C=O) groups is 1. The number of aliphatic hydroxyl groups is 5. The molecule has 0 heterocycles. The number of ether oxygens (including phenoxy) is 2. The fraction of sp³-hybridized carbons (Fsp3) is 0.841. The zero-order valence-electron chi connectivity index (χ0n) is 35.4. The molecule has 334 valence electrons. The number of phosphoric ester groups is 1. The maximum absolute atomic E-state index is 12.8. The van der Waals surface area contributed by atoms with Gasteiger partial charge in [-0.25, -0.2) is 4.57 Å². The van der Waals surface area contributed by atoms with Crippen LogP contribution in [0.4, 0.5) is 0 Å². The van der Waals surface area contributed by atoms with E-state index in [1.54, 1.807) is 0 Å². The van der Waals surface area contributed by atoms with Crippen molar-refractivity contribution in [2.45, 2.75) is 217 Å². The van der Waals surface area contributed by atoms with E-state index in [9.17, 15) is 39.8 Å². The Morgan fingerprint density at radius 1 is 0.561 bits per heavy atom. The van der Waals surface area contributed by atoms with E-state index in [1.807, 2.05) is 0 Å². The average molecular weight is 833 g/mol. The molecule has 0 amide bonds. The number of carbonyl (C=O) groups excluding carboxylic acids is 1. The molecule has 0 radical (unpaired) electrons. The van der Waals surface area contributed by atoms with Crippen molar-refractivity contribution in [1.82, 2.24) is 0 Å². The molecule has 1 rings (SSSR count). The summed E-state index contributed by atoms with van der Waals surface area (Å²) in [5, 5.41) is 50.1. The van der Waals surface area contributed by atoms with Crippen LogP contribution in [0.25, 0.3) is 0 Å². The Morgan fingerprint density at radius 2 is 1.02 bits per heavy atom. The Bertz CT molecular complexity index is 1090. The van der Waals surface area contributed by atoms with Crippen LogP contribution in [0, 0.1) is 0 Å². The Labute approximate surface area is 344 Å². The average Bonchev–Trinajstić information content (AvgIpc) is 3.19. The molecule has 6 N–H and O–H groups in total. The molecular weight excluding hydrogens is 751 g/mol. The molecule has 6 atom stereocenters. The van der Waals surface area contributed by atoms with Crippen molar-refractivity contribution >= 4 is 13.8 Å². The second kappa shape index (κ2) is 35.3. The molecule has 1 fully saturated rings. The highest BCUT2D eigenvalue weighted by molar-refractivity contribution is 7.47. The Balaban J connectivity index is 2.43. The van der Waals surface area contributed by atoms with Gasteiger partial charge in [0.25, 0.3) is 0 Å². The van der Waals surface area contributed by atoms with Crippen LogP contribution in [-0.4, -0.2) is 98.9 Å². The molecular formula is C44H81O12P. The van der Waals surface area contributed by atoms with Gasteiger partial charge in [-0.15, -0.1) is 0 Å². The number of phosphoric acid groups is 1. The molecule has 1 aliphatic rings. The first kappa shape index (κ1) is 53.6. The van der Waals surface area contributed by atoms with Crippen molar-refractivity contribution in [3.8, 4) is 0 Å². The predicted molar refractivity (Wildman–Crippen MR) is 226 cm³/mol. The van der Waals surface area contributed by atoms with E-state index >= 15 is 0 Å². The molecule has 12 nitrogen and oxygen atoms in total. The van der Waals surface area contributed by atoms with Crippen molar-refractivity contribution in [2.75, 3.05) is 19.8 Å². The summed E-state index contributed by atoms with van der Waals surface area (Å²) >= 11 is 0. The lowest BCUT2D eigenvalue weighted by molar-refractivity contribution is -0.220. The Kier molecular flexibility index (Phi) is 33.2. The predicted octanol–water partition coefficient (Wildman–Crippen LogP) is 8.70. The second-order valence-electron chi connectivity index (χ2n) is 15.5. The highest BCUT2D eigenvalue weighted by Crippen LogP contribution is 2.47. The van der Waals surface area contributed by atoms with Gasteiger partial charge in [-0.3, -0.25) is 13.8 Å². The van der Waals surface area contributed by atoms with Crippen LogP contribution in [0.1, 0.15) is 174 Å². The highest BCUT2D eigenvalue weighted by atomic mass is 31.2. The number of rotatable bonds is 37. The van der Waals surface area contributed by atoms with Gasteiger partial charge in [0.15, 0.2) is 0 Å². The summed E-state index contributed by atoms with van der Waals surface area (Å²) in [6.45, 7) is 4.15. The van der Waals surface area contributed by atoms with E-state index in [4.69, 9.17) is 18.5 Å². The van der Waals surface area contributed by atoms with Gasteiger partial charge >= 0.3 is 13.8 Å². The van der Waals surface area contributed by atoms with Crippen molar-refractivity contribution < 1.29 is 58.3 Å². The van der Waals surface area contributed by atoms with E-state index in [0.29, 0.717) is 13.0 Å². The summed E-state index contributed by atoms with van der Waals surface area (Å²) in [7, 11) is -5.02. The standard InChI is InChI=1S/C44H81O12P/c1-3-5-7-9-11-13-15-17-19-20-21-23-25-27-29-31-33-38(45)55-37(35-53-34-32-30-28-26-24-22-18-16-14-12-10-8-6-4-2)36-54-57(51,52)56-44-42(49)40(47)39(46)41(48)43(44)50/h8,10,14,16,19-20,37,39-44,46-50H,3-7,9,11-13,15,17-18,21-36H2,1-2H3,(H,51,52)/b10-8-,16-14-,20-19-. The Hall–Kier alpha value is -1.44. The fourth-order valence-corrected chi connectivity index (χ4v) is 7.59. The molecule has 57 heavy (non-hydrogen) atoms. The number of allylic oxidation sites excluding steroid dienone is 6. The summed E-state index contributed by atoms with van der Waals surface area (Å²) in [5.74, 6) is -0.490. The van der Waals surface area contributed by atoms with E-state index in [0.717, 1.165) is 89.9 Å². The molecule has 0 aromatic rings. The van der Waals surface area contributed by atoms with Gasteiger partial charge in [0.05, 0.1) is 13.2 Å². The van der Waals surface area contributed by atoms with Crippen LogP contribution in [0.3, 0.4) is 0 Å². The zero-order chi connectivity index (χ0) is 42.0. The number of aliphatic hydroxyl groups excluding tert-OH is 5. The largest absolute Gasteiger partial charge is 0.472 e. The molecule has 0 bridgehead atoms. The summed E-state index contributed by atoms with van der Waals surface area (Å²) < 4.78 is 34.1. The lowest BCUT2D eigenvalue weighted by atomic mass is 9.85. The van der Waals surface area contributed by atoms with Crippen LogP contribution in [0.2, 0.25) is 0 Å². The topological polar surface area (TPSA) is 192 Å². The Morgan fingerprint density at radius 3 is 1.56 bits per heavy atom. The van der Waals surface area contributed by atoms with Crippen molar-refractivity contribution in [1.29, 1.82) is 0 Å². The first-order chi connectivity index (χ1) is 27.5. The molecule has 6 unspecified atom stereocenters. The minimum atomic E-state index is -5.02. The fourth-order valence-electron chi connectivity index (χ4n) is 6.62. The summed E-state index contributed by atoms with van der Waals surface area (Å²) in [4.78, 5) is 23.1. The monoisotopic (exact) mass is 833 g/mol. The minimum absolute atomic E-state index is 0.0868. The van der Waals surface area contributed by atoms with Crippen LogP contribution in [0.5, 0.6) is 0 Å². The maximum atomic E-state index is 12.8. The van der Waals surface area contributed by atoms with Gasteiger partial charge in [-0.05, 0) is 64.2 Å². The van der Waals surface area contributed by atoms with Gasteiger partial charge in [-0.1, -0.05) is 140 Å². The lowest BCUT2D eigenvalue weighted by Gasteiger charge is -2.41. The number of esters is 1. The molecule has 0 spiro atoms. The molecule has 0 aromatic heterocycles. The molecule has 0 aliphatic heterocycles. The van der Waals surface area contributed by atoms with Crippen LogP contribution < -0.4 is 0 Å². The quantitative estimate of drug-likeness (QED) is 0.0151. The number of hydrogen-bond acceptors (Lipinski definition) is 11. The van der Waals surface area contributed by atoms with Crippen LogP contribution >= 0.6 is 7.82 Å². The van der Waals surface area contributed by atoms with Gasteiger partial charge in [-0.2, -0.15) is 0 Å². The van der Waals surface area contributed by atoms with Gasteiger partial charge < -0.3 is 39.9 Å². The molecule has 1 aliphatic carbocycles. The van der Waals surface area contributed by atoms with E-state index in [-0.39, 0.29) is 13.0 Å². The lowest BCUT2D eigenvalue weighted by Crippen LogP contribution is -2.64. The SMILES string of the molecule is CCC/C=C\C/C=C\CCCCCCCCOCC(COP(=O)(O)OC1C(O)C(O)C(O)C(O)C1O)OC(=O)CCCCCCC/C=C\CCCCCCCCC. The normalized spacial score (nSPS) is 23.2. The van der Waals surface area contributed by atoms with Gasteiger partial charge in [0.2, 0.25) is 0 Å². The number of unbranched alkanes of at least 4 members (excludes halogenated alkanes) is 19. The van der Waals surface area contributed by atoms with Gasteiger partial charge in [0, 0.05) is 13.0 Å². The molecule has 13 heteroatoms.